The predicted octanol–water partition coefficient (Wildman–Crippen LogP) is 1.27. The molecular formula is C14H19ClN2O5S. The molecule has 23 heavy (non-hydrogen) atoms. The van der Waals surface area contributed by atoms with Crippen molar-refractivity contribution in [1.82, 2.24) is 9.62 Å². The minimum atomic E-state index is -3.71. The van der Waals surface area contributed by atoms with E-state index in [1.807, 2.05) is 6.92 Å². The van der Waals surface area contributed by atoms with Gasteiger partial charge in [-0.05, 0) is 24.6 Å². The SMILES string of the molecule is CCCNC(=O)COC(=O)c1cc(S(=O)(=O)N(C)C)ccc1Cl. The molecule has 0 heterocycles. The fourth-order valence-electron chi connectivity index (χ4n) is 1.56. The molecule has 1 aromatic rings. The molecular weight excluding hydrogens is 344 g/mol. The van der Waals surface area contributed by atoms with Gasteiger partial charge in [-0.15, -0.1) is 0 Å². The van der Waals surface area contributed by atoms with Gasteiger partial charge in [-0.2, -0.15) is 0 Å². The first kappa shape index (κ1) is 19.4. The fraction of sp³-hybridized carbons (Fsp3) is 0.429. The maximum atomic E-state index is 12.1. The van der Waals surface area contributed by atoms with E-state index in [0.717, 1.165) is 16.8 Å². The van der Waals surface area contributed by atoms with Crippen molar-refractivity contribution < 1.29 is 22.7 Å². The summed E-state index contributed by atoms with van der Waals surface area (Å²) in [5.74, 6) is -1.30. The molecule has 9 heteroatoms. The van der Waals surface area contributed by atoms with Gasteiger partial charge in [0.2, 0.25) is 10.0 Å². The van der Waals surface area contributed by atoms with Crippen LogP contribution < -0.4 is 5.32 Å². The number of rotatable bonds is 7. The number of sulfonamides is 1. The number of ether oxygens (including phenoxy) is 1. The Hall–Kier alpha value is -1.64. The third kappa shape index (κ3) is 5.19. The third-order valence-electron chi connectivity index (χ3n) is 2.84. The van der Waals surface area contributed by atoms with E-state index in [1.54, 1.807) is 0 Å². The first-order chi connectivity index (χ1) is 10.7. The molecule has 1 rings (SSSR count). The quantitative estimate of drug-likeness (QED) is 0.737. The van der Waals surface area contributed by atoms with Gasteiger partial charge in [-0.1, -0.05) is 18.5 Å². The summed E-state index contributed by atoms with van der Waals surface area (Å²) in [6.45, 7) is 1.91. The summed E-state index contributed by atoms with van der Waals surface area (Å²) in [4.78, 5) is 23.3. The van der Waals surface area contributed by atoms with E-state index in [0.29, 0.717) is 6.54 Å². The maximum Gasteiger partial charge on any atom is 0.340 e. The Kier molecular flexibility index (Phi) is 6.99. The summed E-state index contributed by atoms with van der Waals surface area (Å²) >= 11 is 5.91. The predicted molar refractivity (Wildman–Crippen MR) is 85.9 cm³/mol. The summed E-state index contributed by atoms with van der Waals surface area (Å²) in [6.07, 6.45) is 0.760. The number of esters is 1. The van der Waals surface area contributed by atoms with Gasteiger partial charge in [-0.3, -0.25) is 4.79 Å². The number of carbonyl (C=O) groups excluding carboxylic acids is 2. The van der Waals surface area contributed by atoms with Crippen LogP contribution in [0.25, 0.3) is 0 Å². The van der Waals surface area contributed by atoms with E-state index >= 15 is 0 Å². The molecule has 0 aliphatic carbocycles. The molecule has 128 valence electrons. The lowest BCUT2D eigenvalue weighted by molar-refractivity contribution is -0.124. The Bertz CT molecular complexity index is 688. The van der Waals surface area contributed by atoms with Gasteiger partial charge in [0, 0.05) is 20.6 Å². The lowest BCUT2D eigenvalue weighted by Gasteiger charge is -2.13. The second-order valence-corrected chi connectivity index (χ2v) is 7.41. The van der Waals surface area contributed by atoms with Gasteiger partial charge in [0.05, 0.1) is 15.5 Å². The zero-order valence-corrected chi connectivity index (χ0v) is 14.7. The van der Waals surface area contributed by atoms with Crippen molar-refractivity contribution in [2.45, 2.75) is 18.2 Å². The summed E-state index contributed by atoms with van der Waals surface area (Å²) in [6, 6.07) is 3.72. The van der Waals surface area contributed by atoms with E-state index in [1.165, 1.54) is 26.2 Å². The number of nitrogens with zero attached hydrogens (tertiary/aromatic N) is 1. The number of nitrogens with one attached hydrogen (secondary N) is 1. The Morgan fingerprint density at radius 1 is 1.30 bits per heavy atom. The highest BCUT2D eigenvalue weighted by molar-refractivity contribution is 7.89. The average Bonchev–Trinajstić information content (AvgIpc) is 2.50. The third-order valence-corrected chi connectivity index (χ3v) is 4.98. The summed E-state index contributed by atoms with van der Waals surface area (Å²) in [7, 11) is -0.955. The largest absolute Gasteiger partial charge is 0.452 e. The van der Waals surface area contributed by atoms with E-state index < -0.39 is 28.5 Å². The second kappa shape index (κ2) is 8.28. The van der Waals surface area contributed by atoms with Gasteiger partial charge >= 0.3 is 5.97 Å². The van der Waals surface area contributed by atoms with Crippen LogP contribution in [-0.2, 0) is 19.6 Å². The minimum absolute atomic E-state index is 0.0432. The number of hydrogen-bond acceptors (Lipinski definition) is 5. The molecule has 0 saturated carbocycles. The van der Waals surface area contributed by atoms with E-state index in [-0.39, 0.29) is 15.5 Å². The van der Waals surface area contributed by atoms with Crippen LogP contribution in [0.4, 0.5) is 0 Å². The standard InChI is InChI=1S/C14H19ClN2O5S/c1-4-7-16-13(18)9-22-14(19)11-8-10(5-6-12(11)15)23(20,21)17(2)3/h5-6,8H,4,7,9H2,1-3H3,(H,16,18). The van der Waals surface area contributed by atoms with Crippen LogP contribution in [0.3, 0.4) is 0 Å². The van der Waals surface area contributed by atoms with Gasteiger partial charge in [-0.25, -0.2) is 17.5 Å². The number of benzene rings is 1. The van der Waals surface area contributed by atoms with Crippen LogP contribution in [-0.4, -0.2) is 51.8 Å². The van der Waals surface area contributed by atoms with E-state index in [2.05, 4.69) is 5.32 Å². The van der Waals surface area contributed by atoms with Gasteiger partial charge in [0.25, 0.3) is 5.91 Å². The van der Waals surface area contributed by atoms with Gasteiger partial charge in [0.15, 0.2) is 6.61 Å². The van der Waals surface area contributed by atoms with Crippen molar-refractivity contribution in [3.05, 3.63) is 28.8 Å². The van der Waals surface area contributed by atoms with Crippen LogP contribution >= 0.6 is 11.6 Å². The number of carbonyl (C=O) groups is 2. The molecule has 7 nitrogen and oxygen atoms in total. The minimum Gasteiger partial charge on any atom is -0.452 e. The Morgan fingerprint density at radius 2 is 1.96 bits per heavy atom. The number of halogens is 1. The van der Waals surface area contributed by atoms with Crippen LogP contribution in [0, 0.1) is 0 Å². The first-order valence-electron chi connectivity index (χ1n) is 6.86. The maximum absolute atomic E-state index is 12.1. The Morgan fingerprint density at radius 3 is 2.52 bits per heavy atom. The molecule has 0 aromatic heterocycles. The Balaban J connectivity index is 2.91. The van der Waals surface area contributed by atoms with Crippen LogP contribution in [0.1, 0.15) is 23.7 Å². The Labute approximate surface area is 140 Å². The van der Waals surface area contributed by atoms with Crippen molar-refractivity contribution in [2.24, 2.45) is 0 Å². The fourth-order valence-corrected chi connectivity index (χ4v) is 2.68. The first-order valence-corrected chi connectivity index (χ1v) is 8.67. The molecule has 0 spiro atoms. The van der Waals surface area contributed by atoms with Crippen molar-refractivity contribution >= 4 is 33.5 Å². The van der Waals surface area contributed by atoms with Gasteiger partial charge in [0.1, 0.15) is 0 Å². The topological polar surface area (TPSA) is 92.8 Å². The van der Waals surface area contributed by atoms with E-state index in [4.69, 9.17) is 16.3 Å². The van der Waals surface area contributed by atoms with Crippen LogP contribution in [0.5, 0.6) is 0 Å². The molecule has 1 amide bonds. The van der Waals surface area contributed by atoms with E-state index in [9.17, 15) is 18.0 Å². The lowest BCUT2D eigenvalue weighted by Crippen LogP contribution is -2.29. The number of hydrogen-bond donors (Lipinski definition) is 1. The lowest BCUT2D eigenvalue weighted by atomic mass is 10.2. The van der Waals surface area contributed by atoms with Crippen molar-refractivity contribution in [1.29, 1.82) is 0 Å². The smallest absolute Gasteiger partial charge is 0.340 e. The van der Waals surface area contributed by atoms with Gasteiger partial charge < -0.3 is 10.1 Å². The molecule has 0 saturated heterocycles. The molecule has 0 aliphatic rings. The zero-order valence-electron chi connectivity index (χ0n) is 13.1. The zero-order chi connectivity index (χ0) is 17.6. The second-order valence-electron chi connectivity index (χ2n) is 4.86. The molecule has 0 bridgehead atoms. The normalized spacial score (nSPS) is 11.3. The molecule has 0 radical (unpaired) electrons. The molecule has 1 N–H and O–H groups in total. The van der Waals surface area contributed by atoms with Crippen LogP contribution in [0.15, 0.2) is 23.1 Å². The van der Waals surface area contributed by atoms with Crippen molar-refractivity contribution in [3.8, 4) is 0 Å². The summed E-state index contributed by atoms with van der Waals surface area (Å²) in [5, 5.41) is 2.60. The molecule has 0 unspecified atom stereocenters. The van der Waals surface area contributed by atoms with Crippen molar-refractivity contribution in [3.63, 3.8) is 0 Å². The van der Waals surface area contributed by atoms with Crippen LogP contribution in [0.2, 0.25) is 5.02 Å². The number of amides is 1. The molecule has 0 aliphatic heterocycles. The summed E-state index contributed by atoms with van der Waals surface area (Å²) in [5.41, 5.74) is -0.113. The molecule has 1 aromatic carbocycles. The average molecular weight is 363 g/mol. The molecule has 0 fully saturated rings. The highest BCUT2D eigenvalue weighted by Gasteiger charge is 2.21. The highest BCUT2D eigenvalue weighted by atomic mass is 35.5. The molecule has 0 atom stereocenters. The van der Waals surface area contributed by atoms with Crippen molar-refractivity contribution in [2.75, 3.05) is 27.2 Å². The highest BCUT2D eigenvalue weighted by Crippen LogP contribution is 2.22. The monoisotopic (exact) mass is 362 g/mol. The summed E-state index contributed by atoms with van der Waals surface area (Å²) < 4.78 is 30.0.